The van der Waals surface area contributed by atoms with Crippen LogP contribution in [0.15, 0.2) is 65.0 Å². The molecule has 2 nitrogen and oxygen atoms in total. The molecule has 0 saturated carbocycles. The van der Waals surface area contributed by atoms with Crippen LogP contribution in [0.5, 0.6) is 0 Å². The molecule has 0 atom stereocenters. The predicted molar refractivity (Wildman–Crippen MR) is 88.4 cm³/mol. The summed E-state index contributed by atoms with van der Waals surface area (Å²) in [5.41, 5.74) is 0.204. The smallest absolute Gasteiger partial charge is 0.338 e. The number of methoxy groups -OCH3 is 1. The van der Waals surface area contributed by atoms with Crippen LogP contribution < -0.4 is 0 Å². The van der Waals surface area contributed by atoms with Crippen LogP contribution in [0.4, 0.5) is 0 Å². The van der Waals surface area contributed by atoms with Gasteiger partial charge in [0.25, 0.3) is 0 Å². The minimum Gasteiger partial charge on any atom is -0.465 e. The van der Waals surface area contributed by atoms with Crippen LogP contribution in [0.1, 0.15) is 20.0 Å². The third-order valence-corrected chi connectivity index (χ3v) is 3.64. The molecule has 0 aliphatic heterocycles. The van der Waals surface area contributed by atoms with Crippen LogP contribution in [0, 0.1) is 0 Å². The van der Waals surface area contributed by atoms with Crippen LogP contribution in [-0.4, -0.2) is 13.1 Å². The van der Waals surface area contributed by atoms with E-state index in [0.717, 1.165) is 0 Å². The molecule has 3 rings (SSSR count). The van der Waals surface area contributed by atoms with Gasteiger partial charge in [0.1, 0.15) is 0 Å². The molecule has 0 bridgehead atoms. The number of carbonyl (C=O) groups excluding carboxylic acids is 1. The fraction of sp³-hybridized carbons (Fsp3) is 0.0556. The van der Waals surface area contributed by atoms with Crippen LogP contribution in [0.2, 0.25) is 0 Å². The molecule has 0 fully saturated rings. The molecule has 3 heteroatoms. The van der Waals surface area contributed by atoms with Gasteiger partial charge in [-0.25, -0.2) is 4.79 Å². The fourth-order valence-corrected chi connectivity index (χ4v) is 2.62. The monoisotopic (exact) mass is 347 g/mol. The van der Waals surface area contributed by atoms with Gasteiger partial charge in [0.15, 0.2) is 0 Å². The van der Waals surface area contributed by atoms with Gasteiger partial charge in [-0.05, 0) is 28.5 Å². The first-order chi connectivity index (χ1) is 13.1. The number of hydrogen-bond donors (Lipinski definition) is 0. The minimum absolute atomic E-state index is 0.0316. The lowest BCUT2D eigenvalue weighted by molar-refractivity contribution is 0.0601. The van der Waals surface area contributed by atoms with E-state index in [9.17, 15) is 4.79 Å². The summed E-state index contributed by atoms with van der Waals surface area (Å²) in [6.07, 6.45) is 0. The first-order valence-electron chi connectivity index (χ1n) is 9.50. The number of hydrogen-bond acceptors (Lipinski definition) is 2. The normalized spacial score (nSPS) is 15.2. The third kappa shape index (κ3) is 2.45. The fourth-order valence-electron chi connectivity index (χ4n) is 2.06. The van der Waals surface area contributed by atoms with Gasteiger partial charge < -0.3 is 4.74 Å². The van der Waals surface area contributed by atoms with Crippen molar-refractivity contribution < 1.29 is 19.1 Å². The summed E-state index contributed by atoms with van der Waals surface area (Å²) in [7, 11) is 1.20. The number of halogens is 1. The first-order valence-corrected chi connectivity index (χ1v) is 6.79. The molecule has 0 spiro atoms. The molecule has 0 aliphatic rings. The van der Waals surface area contributed by atoms with E-state index >= 15 is 0 Å². The lowest BCUT2D eigenvalue weighted by Gasteiger charge is -2.13. The Balaban J connectivity index is 2.68. The largest absolute Gasteiger partial charge is 0.465 e. The van der Waals surface area contributed by atoms with Crippen molar-refractivity contribution in [1.29, 1.82) is 0 Å². The maximum absolute atomic E-state index is 12.3. The van der Waals surface area contributed by atoms with E-state index in [1.54, 1.807) is 12.1 Å². The van der Waals surface area contributed by atoms with Crippen LogP contribution >= 0.6 is 15.9 Å². The maximum atomic E-state index is 12.3. The van der Waals surface area contributed by atoms with E-state index in [1.807, 2.05) is 0 Å². The number of rotatable bonds is 2. The van der Waals surface area contributed by atoms with Gasteiger partial charge in [-0.2, -0.15) is 0 Å². The summed E-state index contributed by atoms with van der Waals surface area (Å²) in [6.45, 7) is 0. The Morgan fingerprint density at radius 2 is 1.90 bits per heavy atom. The van der Waals surface area contributed by atoms with Gasteiger partial charge in [0.05, 0.1) is 22.3 Å². The van der Waals surface area contributed by atoms with Gasteiger partial charge in [-0.3, -0.25) is 0 Å². The summed E-state index contributed by atoms with van der Waals surface area (Å²) in [5.74, 6) is -0.703. The molecule has 0 saturated heterocycles. The quantitative estimate of drug-likeness (QED) is 0.606. The molecule has 0 unspecified atom stereocenters. The van der Waals surface area contributed by atoms with Crippen molar-refractivity contribution in [2.75, 3.05) is 7.11 Å². The lowest BCUT2D eigenvalue weighted by atomic mass is 9.94. The van der Waals surface area contributed by atoms with Crippen molar-refractivity contribution in [3.05, 3.63) is 70.5 Å². The molecule has 0 radical (unpaired) electrons. The highest BCUT2D eigenvalue weighted by Crippen LogP contribution is 2.36. The number of benzene rings is 3. The van der Waals surface area contributed by atoms with Crippen molar-refractivity contribution in [1.82, 2.24) is 0 Å². The third-order valence-electron chi connectivity index (χ3n) is 2.98. The predicted octanol–water partition coefficient (Wildman–Crippen LogP) is 5.06. The van der Waals surface area contributed by atoms with Crippen LogP contribution in [-0.2, 0) is 4.74 Å². The average molecular weight is 348 g/mol. The summed E-state index contributed by atoms with van der Waals surface area (Å²) in [6, 6.07) is 1.29. The van der Waals surface area contributed by atoms with E-state index in [2.05, 4.69) is 15.9 Å². The highest BCUT2D eigenvalue weighted by atomic mass is 79.9. The molecule has 0 heterocycles. The van der Waals surface area contributed by atoms with E-state index in [-0.39, 0.29) is 27.5 Å². The Hall–Kier alpha value is -2.13. The Morgan fingerprint density at radius 3 is 2.71 bits per heavy atom. The topological polar surface area (TPSA) is 26.3 Å². The zero-order chi connectivity index (χ0) is 20.9. The summed E-state index contributed by atoms with van der Waals surface area (Å²) < 4.78 is 62.2. The van der Waals surface area contributed by atoms with E-state index < -0.39 is 48.3 Å². The van der Waals surface area contributed by atoms with Crippen LogP contribution in [0.3, 0.4) is 0 Å². The Kier molecular flexibility index (Phi) is 2.11. The summed E-state index contributed by atoms with van der Waals surface area (Å²) in [4.78, 5) is 12.3. The number of fused-ring (bicyclic) bond motifs is 1. The summed E-state index contributed by atoms with van der Waals surface area (Å²) in [5, 5.41) is -0.261. The molecule has 104 valence electrons. The standard InChI is InChI=1S/C18H13BrO2/c1-21-18(20)15-10-5-11-16(19)17(15)14-9-4-7-12-6-2-3-8-13(12)14/h2-11H,1H3/i2D,3D,4D,6D,7D,8D,9D. The second kappa shape index (κ2) is 5.70. The molecule has 0 N–H and O–H groups in total. The Morgan fingerprint density at radius 1 is 1.14 bits per heavy atom. The van der Waals surface area contributed by atoms with E-state index in [0.29, 0.717) is 4.47 Å². The van der Waals surface area contributed by atoms with Gasteiger partial charge in [-0.1, -0.05) is 64.3 Å². The molecule has 0 aromatic heterocycles. The number of ether oxygens (including phenoxy) is 1. The zero-order valence-corrected chi connectivity index (χ0v) is 12.5. The van der Waals surface area contributed by atoms with Gasteiger partial charge in [0, 0.05) is 10.0 Å². The Labute approximate surface area is 141 Å². The second-order valence-corrected chi connectivity index (χ2v) is 5.01. The molecule has 0 amide bonds. The highest BCUT2D eigenvalue weighted by molar-refractivity contribution is 9.10. The van der Waals surface area contributed by atoms with Crippen LogP contribution in [0.25, 0.3) is 21.9 Å². The number of esters is 1. The number of carbonyl (C=O) groups is 1. The highest BCUT2D eigenvalue weighted by Gasteiger charge is 2.17. The van der Waals surface area contributed by atoms with Crippen molar-refractivity contribution in [3.63, 3.8) is 0 Å². The second-order valence-electron chi connectivity index (χ2n) is 4.15. The van der Waals surface area contributed by atoms with Crippen molar-refractivity contribution >= 4 is 32.7 Å². The van der Waals surface area contributed by atoms with Crippen molar-refractivity contribution in [3.8, 4) is 11.1 Å². The minimum atomic E-state index is -0.703. The van der Waals surface area contributed by atoms with Gasteiger partial charge in [0.2, 0.25) is 0 Å². The molecular formula is C18H13BrO2. The van der Waals surface area contributed by atoms with Crippen molar-refractivity contribution in [2.45, 2.75) is 0 Å². The lowest BCUT2D eigenvalue weighted by Crippen LogP contribution is -2.04. The maximum Gasteiger partial charge on any atom is 0.338 e. The van der Waals surface area contributed by atoms with Crippen molar-refractivity contribution in [2.24, 2.45) is 0 Å². The first kappa shape index (κ1) is 7.76. The molecule has 3 aromatic rings. The molecular weight excluding hydrogens is 328 g/mol. The SMILES string of the molecule is [2H]c1c([2H])c([2H])c2c(-c3c(Br)cccc3C(=O)OC)c([2H])c([2H])c([2H])c2c1[2H]. The van der Waals surface area contributed by atoms with Gasteiger partial charge >= 0.3 is 5.97 Å². The molecule has 3 aromatic carbocycles. The Bertz CT molecular complexity index is 1150. The van der Waals surface area contributed by atoms with E-state index in [1.165, 1.54) is 13.2 Å². The van der Waals surface area contributed by atoms with Gasteiger partial charge in [-0.15, -0.1) is 0 Å². The summed E-state index contributed by atoms with van der Waals surface area (Å²) >= 11 is 3.33. The molecule has 0 aliphatic carbocycles. The van der Waals surface area contributed by atoms with E-state index in [4.69, 9.17) is 14.3 Å². The average Bonchev–Trinajstić information content (AvgIpc) is 2.68. The zero-order valence-electron chi connectivity index (χ0n) is 17.9. The molecule has 21 heavy (non-hydrogen) atoms.